The van der Waals surface area contributed by atoms with Crippen LogP contribution in [0.25, 0.3) is 11.4 Å². The predicted octanol–water partition coefficient (Wildman–Crippen LogP) is 1.99. The summed E-state index contributed by atoms with van der Waals surface area (Å²) in [5.41, 5.74) is 2.13. The highest BCUT2D eigenvalue weighted by Gasteiger charge is 2.29. The molecule has 1 saturated heterocycles. The van der Waals surface area contributed by atoms with Crippen LogP contribution in [-0.4, -0.2) is 68.9 Å². The van der Waals surface area contributed by atoms with Gasteiger partial charge in [0.15, 0.2) is 5.82 Å². The number of aryl methyl sites for hydroxylation is 1. The van der Waals surface area contributed by atoms with Gasteiger partial charge in [-0.2, -0.15) is 0 Å². The highest BCUT2D eigenvalue weighted by atomic mass is 32.2. The fourth-order valence-electron chi connectivity index (χ4n) is 2.52. The van der Waals surface area contributed by atoms with Gasteiger partial charge in [-0.25, -0.2) is 4.98 Å². The van der Waals surface area contributed by atoms with Crippen molar-refractivity contribution in [3.63, 3.8) is 0 Å². The number of carbonyl (C=O) groups is 2. The molecule has 1 aromatic carbocycles. The quantitative estimate of drug-likeness (QED) is 0.615. The summed E-state index contributed by atoms with van der Waals surface area (Å²) >= 11 is 2.82. The van der Waals surface area contributed by atoms with Gasteiger partial charge in [-0.15, -0.1) is 16.9 Å². The summed E-state index contributed by atoms with van der Waals surface area (Å²) in [5, 5.41) is 7.30. The van der Waals surface area contributed by atoms with Gasteiger partial charge in [0.1, 0.15) is 5.25 Å². The van der Waals surface area contributed by atoms with E-state index in [1.165, 1.54) is 36.2 Å². The van der Waals surface area contributed by atoms with Crippen LogP contribution in [0.2, 0.25) is 0 Å². The molecule has 0 bridgehead atoms. The van der Waals surface area contributed by atoms with Gasteiger partial charge < -0.3 is 9.64 Å². The predicted molar refractivity (Wildman–Crippen MR) is 102 cm³/mol. The molecule has 1 N–H and O–H groups in total. The summed E-state index contributed by atoms with van der Waals surface area (Å²) in [5.74, 6) is 1.35. The fourth-order valence-corrected chi connectivity index (χ4v) is 4.35. The van der Waals surface area contributed by atoms with Crippen LogP contribution in [0.5, 0.6) is 0 Å². The van der Waals surface area contributed by atoms with Gasteiger partial charge in [-0.3, -0.25) is 14.7 Å². The minimum absolute atomic E-state index is 0.0223. The Labute approximate surface area is 160 Å². The van der Waals surface area contributed by atoms with E-state index in [4.69, 9.17) is 4.74 Å². The largest absolute Gasteiger partial charge is 0.468 e. The van der Waals surface area contributed by atoms with E-state index in [1.807, 2.05) is 31.2 Å². The average molecular weight is 393 g/mol. The molecule has 0 spiro atoms. The zero-order chi connectivity index (χ0) is 18.5. The first-order valence-electron chi connectivity index (χ1n) is 8.16. The molecule has 26 heavy (non-hydrogen) atoms. The number of benzene rings is 1. The second-order valence-corrected chi connectivity index (χ2v) is 8.10. The number of amides is 1. The van der Waals surface area contributed by atoms with Gasteiger partial charge in [0, 0.05) is 24.4 Å². The zero-order valence-electron chi connectivity index (χ0n) is 14.6. The Morgan fingerprint density at radius 1 is 1.38 bits per heavy atom. The molecule has 2 aromatic rings. The molecule has 0 unspecified atom stereocenters. The number of H-pyrrole nitrogens is 1. The number of hydrogen-bond acceptors (Lipinski definition) is 7. The zero-order valence-corrected chi connectivity index (χ0v) is 16.2. The SMILES string of the molecule is COC(=O)[C@H]1CN(C(=O)CSc2n[nH]c(-c3ccc(C)cc3)n2)CCS1. The van der Waals surface area contributed by atoms with E-state index >= 15 is 0 Å². The Morgan fingerprint density at radius 3 is 2.88 bits per heavy atom. The maximum atomic E-state index is 12.4. The van der Waals surface area contributed by atoms with Crippen molar-refractivity contribution in [3.8, 4) is 11.4 Å². The summed E-state index contributed by atoms with van der Waals surface area (Å²) < 4.78 is 4.77. The monoisotopic (exact) mass is 392 g/mol. The molecule has 7 nitrogen and oxygen atoms in total. The minimum Gasteiger partial charge on any atom is -0.468 e. The number of aromatic nitrogens is 3. The van der Waals surface area contributed by atoms with Gasteiger partial charge in [0.05, 0.1) is 12.9 Å². The van der Waals surface area contributed by atoms with Gasteiger partial charge in [-0.1, -0.05) is 41.6 Å². The maximum absolute atomic E-state index is 12.4. The van der Waals surface area contributed by atoms with E-state index in [-0.39, 0.29) is 22.9 Å². The maximum Gasteiger partial charge on any atom is 0.320 e. The van der Waals surface area contributed by atoms with Gasteiger partial charge in [0.2, 0.25) is 11.1 Å². The first kappa shape index (κ1) is 18.8. The van der Waals surface area contributed by atoms with Gasteiger partial charge in [0.25, 0.3) is 0 Å². The molecule has 1 amide bonds. The van der Waals surface area contributed by atoms with Gasteiger partial charge in [-0.05, 0) is 6.92 Å². The van der Waals surface area contributed by atoms with Crippen LogP contribution >= 0.6 is 23.5 Å². The minimum atomic E-state index is -0.306. The summed E-state index contributed by atoms with van der Waals surface area (Å²) in [7, 11) is 1.37. The second kappa shape index (κ2) is 8.59. The van der Waals surface area contributed by atoms with Crippen molar-refractivity contribution in [2.24, 2.45) is 0 Å². The Morgan fingerprint density at radius 2 is 2.15 bits per heavy atom. The molecule has 1 aromatic heterocycles. The first-order valence-corrected chi connectivity index (χ1v) is 10.2. The molecule has 2 heterocycles. The molecule has 0 saturated carbocycles. The van der Waals surface area contributed by atoms with Crippen LogP contribution in [0.4, 0.5) is 0 Å². The topological polar surface area (TPSA) is 88.2 Å². The molecule has 1 aliphatic heterocycles. The summed E-state index contributed by atoms with van der Waals surface area (Å²) in [6, 6.07) is 7.99. The molecular weight excluding hydrogens is 372 g/mol. The summed E-state index contributed by atoms with van der Waals surface area (Å²) in [6.07, 6.45) is 0. The van der Waals surface area contributed by atoms with Crippen LogP contribution in [0.15, 0.2) is 29.4 Å². The number of methoxy groups -OCH3 is 1. The third-order valence-corrected chi connectivity index (χ3v) is 5.99. The van der Waals surface area contributed by atoms with Crippen molar-refractivity contribution in [2.75, 3.05) is 31.7 Å². The van der Waals surface area contributed by atoms with E-state index in [0.29, 0.717) is 24.1 Å². The van der Waals surface area contributed by atoms with Crippen LogP contribution < -0.4 is 0 Å². The van der Waals surface area contributed by atoms with Crippen molar-refractivity contribution in [2.45, 2.75) is 17.3 Å². The average Bonchev–Trinajstić information content (AvgIpc) is 3.15. The Balaban J connectivity index is 1.55. The molecular formula is C17H20N4O3S2. The van der Waals surface area contributed by atoms with Crippen molar-refractivity contribution in [3.05, 3.63) is 29.8 Å². The van der Waals surface area contributed by atoms with Crippen molar-refractivity contribution in [1.29, 1.82) is 0 Å². The van der Waals surface area contributed by atoms with E-state index in [9.17, 15) is 9.59 Å². The highest BCUT2D eigenvalue weighted by Crippen LogP contribution is 2.23. The van der Waals surface area contributed by atoms with E-state index in [2.05, 4.69) is 15.2 Å². The number of hydrogen-bond donors (Lipinski definition) is 1. The Kier molecular flexibility index (Phi) is 6.20. The van der Waals surface area contributed by atoms with Gasteiger partial charge >= 0.3 is 5.97 Å². The molecule has 1 atom stereocenters. The molecule has 3 rings (SSSR count). The standard InChI is InChI=1S/C17H20N4O3S2/c1-11-3-5-12(6-4-11)15-18-17(20-19-15)26-10-14(22)21-7-8-25-13(9-21)16(23)24-2/h3-6,13H,7-10H2,1-2H3,(H,18,19,20)/t13-/m1/s1. The number of carbonyl (C=O) groups excluding carboxylic acids is 2. The number of esters is 1. The third kappa shape index (κ3) is 4.59. The molecule has 138 valence electrons. The van der Waals surface area contributed by atoms with E-state index in [1.54, 1.807) is 4.90 Å². The lowest BCUT2D eigenvalue weighted by Gasteiger charge is -2.30. The smallest absolute Gasteiger partial charge is 0.320 e. The van der Waals surface area contributed by atoms with Crippen molar-refractivity contribution < 1.29 is 14.3 Å². The van der Waals surface area contributed by atoms with Crippen LogP contribution in [0.1, 0.15) is 5.56 Å². The lowest BCUT2D eigenvalue weighted by molar-refractivity contribution is -0.141. The molecule has 0 radical (unpaired) electrons. The number of rotatable bonds is 5. The lowest BCUT2D eigenvalue weighted by atomic mass is 10.1. The summed E-state index contributed by atoms with van der Waals surface area (Å²) in [6.45, 7) is 3.06. The fraction of sp³-hybridized carbons (Fsp3) is 0.412. The second-order valence-electron chi connectivity index (χ2n) is 5.84. The third-order valence-electron chi connectivity index (χ3n) is 4.00. The molecule has 9 heteroatoms. The highest BCUT2D eigenvalue weighted by molar-refractivity contribution is 8.00. The molecule has 0 aliphatic carbocycles. The number of aromatic amines is 1. The van der Waals surface area contributed by atoms with Crippen LogP contribution in [-0.2, 0) is 14.3 Å². The first-order chi connectivity index (χ1) is 12.6. The molecule has 1 fully saturated rings. The Hall–Kier alpha value is -2.00. The summed E-state index contributed by atoms with van der Waals surface area (Å²) in [4.78, 5) is 30.2. The number of thioether (sulfide) groups is 2. The molecule has 1 aliphatic rings. The Bertz CT molecular complexity index is 779. The number of ether oxygens (including phenoxy) is 1. The lowest BCUT2D eigenvalue weighted by Crippen LogP contribution is -2.45. The van der Waals surface area contributed by atoms with E-state index < -0.39 is 0 Å². The number of nitrogens with zero attached hydrogens (tertiary/aromatic N) is 3. The van der Waals surface area contributed by atoms with Crippen LogP contribution in [0.3, 0.4) is 0 Å². The normalized spacial score (nSPS) is 17.2. The van der Waals surface area contributed by atoms with E-state index in [0.717, 1.165) is 11.3 Å². The van der Waals surface area contributed by atoms with Crippen molar-refractivity contribution in [1.82, 2.24) is 20.1 Å². The number of nitrogens with one attached hydrogen (secondary N) is 1. The van der Waals surface area contributed by atoms with Crippen molar-refractivity contribution >= 4 is 35.4 Å². The van der Waals surface area contributed by atoms with Crippen LogP contribution in [0, 0.1) is 6.92 Å².